The monoisotopic (exact) mass is 242 g/mol. The highest BCUT2D eigenvalue weighted by Gasteiger charge is 2.13. The van der Waals surface area contributed by atoms with Crippen molar-refractivity contribution in [1.29, 1.82) is 0 Å². The Morgan fingerprint density at radius 3 is 2.44 bits per heavy atom. The molecule has 1 rings (SSSR count). The van der Waals surface area contributed by atoms with Crippen molar-refractivity contribution in [1.82, 2.24) is 0 Å². The molecule has 1 atom stereocenters. The van der Waals surface area contributed by atoms with E-state index in [1.165, 1.54) is 11.8 Å². The van der Waals surface area contributed by atoms with Gasteiger partial charge in [0, 0.05) is 4.90 Å². The molecule has 16 heavy (non-hydrogen) atoms. The Bertz CT molecular complexity index is 378. The van der Waals surface area contributed by atoms with Gasteiger partial charge in [0.2, 0.25) is 0 Å². The standard InChI is InChI=1S/C11H14O4S/c1-7(11(12)13)16-8-4-5-9(14-2)10(6-8)15-3/h4-7H,1-3H3,(H,12,13). The lowest BCUT2D eigenvalue weighted by molar-refractivity contribution is -0.136. The smallest absolute Gasteiger partial charge is 0.316 e. The quantitative estimate of drug-likeness (QED) is 0.803. The third kappa shape index (κ3) is 3.06. The molecule has 0 amide bonds. The van der Waals surface area contributed by atoms with Gasteiger partial charge in [-0.15, -0.1) is 11.8 Å². The molecule has 0 fully saturated rings. The Balaban J connectivity index is 2.86. The topological polar surface area (TPSA) is 55.8 Å². The highest BCUT2D eigenvalue weighted by atomic mass is 32.2. The largest absolute Gasteiger partial charge is 0.493 e. The molecule has 1 aromatic rings. The lowest BCUT2D eigenvalue weighted by atomic mass is 10.3. The first-order valence-corrected chi connectivity index (χ1v) is 5.58. The van der Waals surface area contributed by atoms with Gasteiger partial charge in [0.15, 0.2) is 11.5 Å². The number of hydrogen-bond acceptors (Lipinski definition) is 4. The van der Waals surface area contributed by atoms with Crippen molar-refractivity contribution in [3.05, 3.63) is 18.2 Å². The summed E-state index contributed by atoms with van der Waals surface area (Å²) in [5.41, 5.74) is 0. The summed E-state index contributed by atoms with van der Waals surface area (Å²) in [7, 11) is 3.11. The zero-order chi connectivity index (χ0) is 12.1. The molecule has 1 unspecified atom stereocenters. The first-order chi connectivity index (χ1) is 7.58. The van der Waals surface area contributed by atoms with Crippen molar-refractivity contribution in [3.63, 3.8) is 0 Å². The number of rotatable bonds is 5. The van der Waals surface area contributed by atoms with Crippen LogP contribution in [0.1, 0.15) is 6.92 Å². The van der Waals surface area contributed by atoms with Crippen LogP contribution in [0.15, 0.2) is 23.1 Å². The lowest BCUT2D eigenvalue weighted by Crippen LogP contribution is -2.10. The van der Waals surface area contributed by atoms with E-state index in [1.807, 2.05) is 6.07 Å². The van der Waals surface area contributed by atoms with Crippen LogP contribution < -0.4 is 9.47 Å². The van der Waals surface area contributed by atoms with E-state index in [4.69, 9.17) is 14.6 Å². The van der Waals surface area contributed by atoms with Crippen molar-refractivity contribution >= 4 is 17.7 Å². The second kappa shape index (κ2) is 5.65. The number of carbonyl (C=O) groups is 1. The van der Waals surface area contributed by atoms with Crippen LogP contribution in [0.5, 0.6) is 11.5 Å². The van der Waals surface area contributed by atoms with Gasteiger partial charge in [0.25, 0.3) is 0 Å². The molecule has 1 aromatic carbocycles. The van der Waals surface area contributed by atoms with E-state index in [9.17, 15) is 4.79 Å². The van der Waals surface area contributed by atoms with Crippen LogP contribution in [-0.2, 0) is 4.79 Å². The molecule has 0 saturated heterocycles. The summed E-state index contributed by atoms with van der Waals surface area (Å²) < 4.78 is 10.2. The van der Waals surface area contributed by atoms with Crippen LogP contribution >= 0.6 is 11.8 Å². The van der Waals surface area contributed by atoms with E-state index in [0.29, 0.717) is 11.5 Å². The number of aliphatic carboxylic acids is 1. The third-order valence-corrected chi connectivity index (χ3v) is 3.10. The minimum Gasteiger partial charge on any atom is -0.493 e. The van der Waals surface area contributed by atoms with Crippen molar-refractivity contribution in [2.75, 3.05) is 14.2 Å². The average Bonchev–Trinajstić information content (AvgIpc) is 2.28. The molecule has 0 bridgehead atoms. The molecule has 1 N–H and O–H groups in total. The van der Waals surface area contributed by atoms with E-state index >= 15 is 0 Å². The second-order valence-electron chi connectivity index (χ2n) is 3.12. The van der Waals surface area contributed by atoms with Crippen molar-refractivity contribution in [2.45, 2.75) is 17.1 Å². The molecular formula is C11H14O4S. The van der Waals surface area contributed by atoms with Gasteiger partial charge < -0.3 is 14.6 Å². The fraction of sp³-hybridized carbons (Fsp3) is 0.364. The Morgan fingerprint density at radius 2 is 1.94 bits per heavy atom. The Morgan fingerprint density at radius 1 is 1.31 bits per heavy atom. The van der Waals surface area contributed by atoms with E-state index < -0.39 is 11.2 Å². The summed E-state index contributed by atoms with van der Waals surface area (Å²) in [6, 6.07) is 5.34. The van der Waals surface area contributed by atoms with Crippen molar-refractivity contribution < 1.29 is 19.4 Å². The van der Waals surface area contributed by atoms with Crippen LogP contribution in [0.2, 0.25) is 0 Å². The Kier molecular flexibility index (Phi) is 4.49. The predicted octanol–water partition coefficient (Wildman–Crippen LogP) is 2.27. The second-order valence-corrected chi connectivity index (χ2v) is 4.53. The van der Waals surface area contributed by atoms with Gasteiger partial charge in [0.05, 0.1) is 14.2 Å². The highest BCUT2D eigenvalue weighted by Crippen LogP contribution is 2.33. The number of ether oxygens (including phenoxy) is 2. The van der Waals surface area contributed by atoms with Gasteiger partial charge in [-0.3, -0.25) is 4.79 Å². The predicted molar refractivity (Wildman–Crippen MR) is 62.5 cm³/mol. The maximum absolute atomic E-state index is 10.7. The van der Waals surface area contributed by atoms with E-state index in [1.54, 1.807) is 33.3 Å². The van der Waals surface area contributed by atoms with E-state index in [2.05, 4.69) is 0 Å². The van der Waals surface area contributed by atoms with Gasteiger partial charge in [-0.25, -0.2) is 0 Å². The summed E-state index contributed by atoms with van der Waals surface area (Å²) >= 11 is 1.27. The molecule has 0 radical (unpaired) electrons. The fourth-order valence-corrected chi connectivity index (χ4v) is 1.98. The molecule has 0 aliphatic rings. The molecule has 0 aromatic heterocycles. The summed E-state index contributed by atoms with van der Waals surface area (Å²) in [4.78, 5) is 11.5. The van der Waals surface area contributed by atoms with Crippen LogP contribution in [0, 0.1) is 0 Å². The SMILES string of the molecule is COc1ccc(SC(C)C(=O)O)cc1OC. The number of thioether (sulfide) groups is 1. The number of benzene rings is 1. The first kappa shape index (κ1) is 12.7. The molecular weight excluding hydrogens is 228 g/mol. The third-order valence-electron chi connectivity index (χ3n) is 2.02. The van der Waals surface area contributed by atoms with Gasteiger partial charge in [-0.2, -0.15) is 0 Å². The lowest BCUT2D eigenvalue weighted by Gasteiger charge is -2.10. The van der Waals surface area contributed by atoms with Crippen molar-refractivity contribution in [3.8, 4) is 11.5 Å². The molecule has 0 spiro atoms. The number of methoxy groups -OCH3 is 2. The highest BCUT2D eigenvalue weighted by molar-refractivity contribution is 8.00. The van der Waals surface area contributed by atoms with Gasteiger partial charge >= 0.3 is 5.97 Å². The van der Waals surface area contributed by atoms with Crippen LogP contribution in [-0.4, -0.2) is 30.5 Å². The van der Waals surface area contributed by atoms with E-state index in [-0.39, 0.29) is 0 Å². The van der Waals surface area contributed by atoms with Crippen LogP contribution in [0.4, 0.5) is 0 Å². The van der Waals surface area contributed by atoms with Gasteiger partial charge in [-0.05, 0) is 25.1 Å². The molecule has 0 heterocycles. The summed E-state index contributed by atoms with van der Waals surface area (Å²) in [5.74, 6) is 0.403. The number of carboxylic acids is 1. The first-order valence-electron chi connectivity index (χ1n) is 4.70. The summed E-state index contributed by atoms with van der Waals surface area (Å²) in [6.07, 6.45) is 0. The maximum atomic E-state index is 10.7. The number of hydrogen-bond donors (Lipinski definition) is 1. The van der Waals surface area contributed by atoms with E-state index in [0.717, 1.165) is 4.90 Å². The fourth-order valence-electron chi connectivity index (χ4n) is 1.14. The van der Waals surface area contributed by atoms with Gasteiger partial charge in [-0.1, -0.05) is 0 Å². The minimum atomic E-state index is -0.834. The normalized spacial score (nSPS) is 11.9. The molecule has 88 valence electrons. The zero-order valence-electron chi connectivity index (χ0n) is 9.39. The average molecular weight is 242 g/mol. The number of carboxylic acid groups (broad SMARTS) is 1. The Labute approximate surface area is 98.6 Å². The maximum Gasteiger partial charge on any atom is 0.316 e. The Hall–Kier alpha value is -1.36. The molecule has 0 saturated carbocycles. The molecule has 0 aliphatic heterocycles. The van der Waals surface area contributed by atoms with Gasteiger partial charge in [0.1, 0.15) is 5.25 Å². The minimum absolute atomic E-state index is 0.488. The molecule has 0 aliphatic carbocycles. The van der Waals surface area contributed by atoms with Crippen LogP contribution in [0.3, 0.4) is 0 Å². The molecule has 4 nitrogen and oxygen atoms in total. The summed E-state index contributed by atoms with van der Waals surface area (Å²) in [6.45, 7) is 1.64. The van der Waals surface area contributed by atoms with Crippen LogP contribution in [0.25, 0.3) is 0 Å². The zero-order valence-corrected chi connectivity index (χ0v) is 10.2. The molecule has 5 heteroatoms. The van der Waals surface area contributed by atoms with Crippen molar-refractivity contribution in [2.24, 2.45) is 0 Å². The summed E-state index contributed by atoms with van der Waals surface area (Å²) in [5, 5.41) is 8.31.